The van der Waals surface area contributed by atoms with Crippen molar-refractivity contribution in [2.45, 2.75) is 13.0 Å². The highest BCUT2D eigenvalue weighted by Gasteiger charge is 2.29. The lowest BCUT2D eigenvalue weighted by Crippen LogP contribution is -3.15. The number of hydrogen-bond acceptors (Lipinski definition) is 5. The van der Waals surface area contributed by atoms with E-state index in [1.54, 1.807) is 6.07 Å². The van der Waals surface area contributed by atoms with Gasteiger partial charge in [-0.2, -0.15) is 0 Å². The number of fused-ring (bicyclic) bond motifs is 1. The number of carbonyl (C=O) groups is 2. The van der Waals surface area contributed by atoms with Gasteiger partial charge in [0.05, 0.1) is 19.8 Å². The molecule has 3 N–H and O–H groups in total. The molecule has 1 atom stereocenters. The number of carbonyl (C=O) groups excluding carboxylic acids is 2. The van der Waals surface area contributed by atoms with E-state index in [0.29, 0.717) is 31.2 Å². The van der Waals surface area contributed by atoms with E-state index < -0.39 is 11.8 Å². The van der Waals surface area contributed by atoms with Gasteiger partial charge in [-0.05, 0) is 36.8 Å². The van der Waals surface area contributed by atoms with Crippen LogP contribution in [-0.4, -0.2) is 51.5 Å². The molecule has 2 aromatic rings. The molecule has 1 saturated heterocycles. The summed E-state index contributed by atoms with van der Waals surface area (Å²) in [5, 5.41) is 5.47. The van der Waals surface area contributed by atoms with Gasteiger partial charge >= 0.3 is 11.8 Å². The van der Waals surface area contributed by atoms with Crippen LogP contribution in [0.1, 0.15) is 17.2 Å². The van der Waals surface area contributed by atoms with Gasteiger partial charge < -0.3 is 29.7 Å². The van der Waals surface area contributed by atoms with Crippen LogP contribution in [0.15, 0.2) is 42.5 Å². The Bertz CT molecular complexity index is 927. The summed E-state index contributed by atoms with van der Waals surface area (Å²) in [7, 11) is 0. The maximum Gasteiger partial charge on any atom is 0.313 e. The molecular formula is C22H26N3O5+. The predicted molar refractivity (Wildman–Crippen MR) is 110 cm³/mol. The minimum atomic E-state index is -0.675. The van der Waals surface area contributed by atoms with Gasteiger partial charge in [-0.1, -0.05) is 18.2 Å². The largest absolute Gasteiger partial charge is 0.454 e. The first-order valence-corrected chi connectivity index (χ1v) is 10.1. The van der Waals surface area contributed by atoms with Gasteiger partial charge in [0.2, 0.25) is 6.79 Å². The monoisotopic (exact) mass is 412 g/mol. The number of benzene rings is 2. The van der Waals surface area contributed by atoms with Crippen LogP contribution in [0, 0.1) is 6.92 Å². The SMILES string of the molecule is Cc1ccccc1NC(=O)C(=O)NC[C@H](c1ccc2c(c1)OCO2)[NH+]1CCOCC1. The smallest absolute Gasteiger partial charge is 0.313 e. The highest BCUT2D eigenvalue weighted by molar-refractivity contribution is 6.39. The summed E-state index contributed by atoms with van der Waals surface area (Å²) < 4.78 is 16.4. The molecule has 2 aliphatic rings. The fraction of sp³-hybridized carbons (Fsp3) is 0.364. The topological polar surface area (TPSA) is 90.3 Å². The molecule has 2 heterocycles. The van der Waals surface area contributed by atoms with Crippen LogP contribution in [0.2, 0.25) is 0 Å². The summed E-state index contributed by atoms with van der Waals surface area (Å²) in [6, 6.07) is 13.1. The lowest BCUT2D eigenvalue weighted by molar-refractivity contribution is -0.937. The number of anilines is 1. The fourth-order valence-electron chi connectivity index (χ4n) is 3.78. The van der Waals surface area contributed by atoms with E-state index in [1.165, 1.54) is 4.90 Å². The Labute approximate surface area is 175 Å². The molecule has 8 nitrogen and oxygen atoms in total. The van der Waals surface area contributed by atoms with Crippen LogP contribution in [0.4, 0.5) is 5.69 Å². The Kier molecular flexibility index (Phi) is 6.15. The fourth-order valence-corrected chi connectivity index (χ4v) is 3.78. The molecule has 0 spiro atoms. The van der Waals surface area contributed by atoms with Crippen molar-refractivity contribution in [3.8, 4) is 11.5 Å². The van der Waals surface area contributed by atoms with Crippen molar-refractivity contribution in [2.75, 3.05) is 45.0 Å². The van der Waals surface area contributed by atoms with Gasteiger partial charge in [0.25, 0.3) is 0 Å². The molecule has 0 unspecified atom stereocenters. The summed E-state index contributed by atoms with van der Waals surface area (Å²) in [6.07, 6.45) is 0. The van der Waals surface area contributed by atoms with Crippen LogP contribution in [-0.2, 0) is 14.3 Å². The van der Waals surface area contributed by atoms with Crippen molar-refractivity contribution in [3.63, 3.8) is 0 Å². The summed E-state index contributed by atoms with van der Waals surface area (Å²) >= 11 is 0. The predicted octanol–water partition coefficient (Wildman–Crippen LogP) is 0.435. The van der Waals surface area contributed by atoms with Crippen LogP contribution >= 0.6 is 0 Å². The Hall–Kier alpha value is -3.10. The maximum atomic E-state index is 12.5. The first-order chi connectivity index (χ1) is 14.6. The normalized spacial score (nSPS) is 16.7. The lowest BCUT2D eigenvalue weighted by Gasteiger charge is -2.32. The molecule has 0 radical (unpaired) electrons. The van der Waals surface area contributed by atoms with Gasteiger partial charge in [0.1, 0.15) is 19.1 Å². The molecule has 0 aliphatic carbocycles. The zero-order chi connectivity index (χ0) is 20.9. The number of ether oxygens (including phenoxy) is 3. The Balaban J connectivity index is 1.44. The Morgan fingerprint density at radius 2 is 1.80 bits per heavy atom. The number of amides is 2. The average Bonchev–Trinajstić information content (AvgIpc) is 3.24. The third kappa shape index (κ3) is 4.55. The second kappa shape index (κ2) is 9.15. The zero-order valence-corrected chi connectivity index (χ0v) is 16.9. The third-order valence-corrected chi connectivity index (χ3v) is 5.49. The molecule has 2 aromatic carbocycles. The summed E-state index contributed by atoms with van der Waals surface area (Å²) in [5.41, 5.74) is 2.55. The van der Waals surface area contributed by atoms with Gasteiger partial charge in [0, 0.05) is 11.3 Å². The van der Waals surface area contributed by atoms with Crippen molar-refractivity contribution in [2.24, 2.45) is 0 Å². The Morgan fingerprint density at radius 1 is 1.03 bits per heavy atom. The van der Waals surface area contributed by atoms with Crippen molar-refractivity contribution in [1.29, 1.82) is 0 Å². The molecule has 8 heteroatoms. The van der Waals surface area contributed by atoms with E-state index in [4.69, 9.17) is 14.2 Å². The van der Waals surface area contributed by atoms with Crippen molar-refractivity contribution >= 4 is 17.5 Å². The number of morpholine rings is 1. The number of para-hydroxylation sites is 1. The molecular weight excluding hydrogens is 386 g/mol. The summed E-state index contributed by atoms with van der Waals surface area (Å²) in [4.78, 5) is 26.1. The highest BCUT2D eigenvalue weighted by Crippen LogP contribution is 2.33. The second-order valence-corrected chi connectivity index (χ2v) is 7.41. The summed E-state index contributed by atoms with van der Waals surface area (Å²) in [6.45, 7) is 5.40. The Morgan fingerprint density at radius 3 is 2.60 bits per heavy atom. The van der Waals surface area contributed by atoms with Crippen LogP contribution in [0.3, 0.4) is 0 Å². The highest BCUT2D eigenvalue weighted by atomic mass is 16.7. The van der Waals surface area contributed by atoms with Gasteiger partial charge in [-0.25, -0.2) is 0 Å². The average molecular weight is 412 g/mol. The van der Waals surface area contributed by atoms with Gasteiger partial charge in [-0.15, -0.1) is 0 Å². The first-order valence-electron chi connectivity index (χ1n) is 10.1. The molecule has 4 rings (SSSR count). The number of quaternary nitrogens is 1. The van der Waals surface area contributed by atoms with Crippen LogP contribution in [0.25, 0.3) is 0 Å². The lowest BCUT2D eigenvalue weighted by atomic mass is 10.0. The molecule has 0 saturated carbocycles. The van der Waals surface area contributed by atoms with E-state index >= 15 is 0 Å². The third-order valence-electron chi connectivity index (χ3n) is 5.49. The minimum Gasteiger partial charge on any atom is -0.454 e. The van der Waals surface area contributed by atoms with E-state index in [0.717, 1.165) is 30.0 Å². The molecule has 30 heavy (non-hydrogen) atoms. The molecule has 2 amide bonds. The minimum absolute atomic E-state index is 0.0291. The van der Waals surface area contributed by atoms with E-state index in [-0.39, 0.29) is 12.8 Å². The quantitative estimate of drug-likeness (QED) is 0.620. The number of aryl methyl sites for hydroxylation is 1. The second-order valence-electron chi connectivity index (χ2n) is 7.41. The molecule has 0 bridgehead atoms. The molecule has 2 aliphatic heterocycles. The standard InChI is InChI=1S/C22H25N3O5/c1-15-4-2-3-5-17(15)24-22(27)21(26)23-13-18(25-8-10-28-11-9-25)16-6-7-19-20(12-16)30-14-29-19/h2-7,12,18H,8-11,13-14H2,1H3,(H,23,26)(H,24,27)/p+1/t18-/m1/s1. The van der Waals surface area contributed by atoms with Crippen molar-refractivity contribution in [1.82, 2.24) is 5.32 Å². The van der Waals surface area contributed by atoms with Gasteiger partial charge in [-0.3, -0.25) is 9.59 Å². The maximum absolute atomic E-state index is 12.5. The van der Waals surface area contributed by atoms with Crippen LogP contribution < -0.4 is 25.0 Å². The van der Waals surface area contributed by atoms with E-state index in [9.17, 15) is 9.59 Å². The van der Waals surface area contributed by atoms with E-state index in [2.05, 4.69) is 10.6 Å². The van der Waals surface area contributed by atoms with Crippen LogP contribution in [0.5, 0.6) is 11.5 Å². The number of rotatable bonds is 5. The van der Waals surface area contributed by atoms with Gasteiger partial charge in [0.15, 0.2) is 11.5 Å². The molecule has 1 fully saturated rings. The molecule has 158 valence electrons. The summed E-state index contributed by atoms with van der Waals surface area (Å²) in [5.74, 6) is 0.0901. The molecule has 0 aromatic heterocycles. The first kappa shape index (κ1) is 20.2. The van der Waals surface area contributed by atoms with E-state index in [1.807, 2.05) is 43.3 Å². The number of hydrogen-bond donors (Lipinski definition) is 3. The zero-order valence-electron chi connectivity index (χ0n) is 16.9. The van der Waals surface area contributed by atoms with Crippen molar-refractivity contribution in [3.05, 3.63) is 53.6 Å². The van der Waals surface area contributed by atoms with Crippen molar-refractivity contribution < 1.29 is 28.7 Å². The number of nitrogens with one attached hydrogen (secondary N) is 3.